The molecule has 0 aromatic heterocycles. The van der Waals surface area contributed by atoms with Gasteiger partial charge < -0.3 is 5.73 Å². The van der Waals surface area contributed by atoms with Crippen molar-refractivity contribution in [2.45, 2.75) is 52.0 Å². The molecule has 2 N–H and O–H groups in total. The van der Waals surface area contributed by atoms with Crippen molar-refractivity contribution in [3.8, 4) is 0 Å². The molecular weight excluding hydrogens is 182 g/mol. The van der Waals surface area contributed by atoms with Crippen molar-refractivity contribution in [2.24, 2.45) is 5.73 Å². The van der Waals surface area contributed by atoms with E-state index in [0.717, 1.165) is 12.8 Å². The van der Waals surface area contributed by atoms with Gasteiger partial charge in [0.05, 0.1) is 0 Å². The molecule has 1 aromatic rings. The van der Waals surface area contributed by atoms with E-state index in [1.807, 2.05) is 0 Å². The van der Waals surface area contributed by atoms with Gasteiger partial charge in [-0.05, 0) is 30.9 Å². The van der Waals surface area contributed by atoms with Gasteiger partial charge in [0.25, 0.3) is 0 Å². The standard InChI is InChI=1S/C14H23N/c1-4-6-11-14(3,15)13-9-7-12(5-2)8-10-13/h7-10H,4-6,11,15H2,1-3H3. The van der Waals surface area contributed by atoms with Gasteiger partial charge in [-0.25, -0.2) is 0 Å². The molecule has 1 unspecified atom stereocenters. The summed E-state index contributed by atoms with van der Waals surface area (Å²) in [5, 5.41) is 0. The molecule has 0 radical (unpaired) electrons. The van der Waals surface area contributed by atoms with Crippen LogP contribution in [0.25, 0.3) is 0 Å². The fourth-order valence-corrected chi connectivity index (χ4v) is 1.81. The monoisotopic (exact) mass is 205 g/mol. The van der Waals surface area contributed by atoms with Crippen molar-refractivity contribution >= 4 is 0 Å². The first-order chi connectivity index (χ1) is 7.10. The van der Waals surface area contributed by atoms with Gasteiger partial charge in [0.15, 0.2) is 0 Å². The zero-order chi connectivity index (χ0) is 11.3. The fourth-order valence-electron chi connectivity index (χ4n) is 1.81. The molecule has 1 aromatic carbocycles. The Bertz CT molecular complexity index is 285. The molecule has 0 amide bonds. The predicted octanol–water partition coefficient (Wildman–Crippen LogP) is 3.61. The third-order valence-electron chi connectivity index (χ3n) is 3.07. The minimum absolute atomic E-state index is 0.164. The molecule has 15 heavy (non-hydrogen) atoms. The quantitative estimate of drug-likeness (QED) is 0.780. The van der Waals surface area contributed by atoms with E-state index in [2.05, 4.69) is 45.0 Å². The van der Waals surface area contributed by atoms with Crippen LogP contribution in [0, 0.1) is 0 Å². The maximum absolute atomic E-state index is 6.32. The lowest BCUT2D eigenvalue weighted by Crippen LogP contribution is -2.32. The van der Waals surface area contributed by atoms with Crippen LogP contribution in [-0.4, -0.2) is 0 Å². The summed E-state index contributed by atoms with van der Waals surface area (Å²) in [5.74, 6) is 0. The molecular formula is C14H23N. The predicted molar refractivity (Wildman–Crippen MR) is 66.9 cm³/mol. The van der Waals surface area contributed by atoms with E-state index >= 15 is 0 Å². The summed E-state index contributed by atoms with van der Waals surface area (Å²) in [5.41, 5.74) is 8.79. The summed E-state index contributed by atoms with van der Waals surface area (Å²) in [4.78, 5) is 0. The molecule has 0 aliphatic heterocycles. The van der Waals surface area contributed by atoms with Crippen molar-refractivity contribution in [1.82, 2.24) is 0 Å². The maximum Gasteiger partial charge on any atom is 0.0381 e. The second kappa shape index (κ2) is 5.32. The van der Waals surface area contributed by atoms with Crippen LogP contribution in [0.4, 0.5) is 0 Å². The summed E-state index contributed by atoms with van der Waals surface area (Å²) in [7, 11) is 0. The molecule has 0 fully saturated rings. The summed E-state index contributed by atoms with van der Waals surface area (Å²) in [6.45, 7) is 6.51. The number of rotatable bonds is 5. The molecule has 0 saturated carbocycles. The molecule has 1 heteroatoms. The number of hydrogen-bond donors (Lipinski definition) is 1. The number of benzene rings is 1. The zero-order valence-corrected chi connectivity index (χ0v) is 10.2. The highest BCUT2D eigenvalue weighted by atomic mass is 14.7. The van der Waals surface area contributed by atoms with E-state index in [1.54, 1.807) is 0 Å². The van der Waals surface area contributed by atoms with E-state index in [0.29, 0.717) is 0 Å². The Labute approximate surface area is 93.7 Å². The second-order valence-corrected chi connectivity index (χ2v) is 4.57. The topological polar surface area (TPSA) is 26.0 Å². The lowest BCUT2D eigenvalue weighted by atomic mass is 9.87. The molecule has 0 saturated heterocycles. The highest BCUT2D eigenvalue weighted by Crippen LogP contribution is 2.24. The van der Waals surface area contributed by atoms with E-state index in [-0.39, 0.29) is 5.54 Å². The number of unbranched alkanes of at least 4 members (excludes halogenated alkanes) is 1. The van der Waals surface area contributed by atoms with E-state index in [1.165, 1.54) is 24.0 Å². The van der Waals surface area contributed by atoms with Crippen LogP contribution in [0.5, 0.6) is 0 Å². The van der Waals surface area contributed by atoms with Gasteiger partial charge in [0.1, 0.15) is 0 Å². The Morgan fingerprint density at radius 1 is 1.13 bits per heavy atom. The molecule has 1 nitrogen and oxygen atoms in total. The summed E-state index contributed by atoms with van der Waals surface area (Å²) in [6, 6.07) is 8.72. The van der Waals surface area contributed by atoms with Crippen LogP contribution in [-0.2, 0) is 12.0 Å². The average Bonchev–Trinajstić information content (AvgIpc) is 2.26. The Morgan fingerprint density at radius 2 is 1.73 bits per heavy atom. The average molecular weight is 205 g/mol. The van der Waals surface area contributed by atoms with Crippen LogP contribution >= 0.6 is 0 Å². The van der Waals surface area contributed by atoms with E-state index in [4.69, 9.17) is 5.73 Å². The van der Waals surface area contributed by atoms with Crippen molar-refractivity contribution in [3.63, 3.8) is 0 Å². The Kier molecular flexibility index (Phi) is 4.34. The second-order valence-electron chi connectivity index (χ2n) is 4.57. The molecule has 0 heterocycles. The minimum atomic E-state index is -0.164. The Morgan fingerprint density at radius 3 is 2.20 bits per heavy atom. The van der Waals surface area contributed by atoms with E-state index in [9.17, 15) is 0 Å². The SMILES string of the molecule is CCCCC(C)(N)c1ccc(CC)cc1. The smallest absolute Gasteiger partial charge is 0.0381 e. The van der Waals surface area contributed by atoms with Crippen LogP contribution in [0.3, 0.4) is 0 Å². The molecule has 0 bridgehead atoms. The number of nitrogens with two attached hydrogens (primary N) is 1. The largest absolute Gasteiger partial charge is 0.322 e. The highest BCUT2D eigenvalue weighted by Gasteiger charge is 2.19. The summed E-state index contributed by atoms with van der Waals surface area (Å²) < 4.78 is 0. The molecule has 0 aliphatic carbocycles. The van der Waals surface area contributed by atoms with Gasteiger partial charge in [-0.1, -0.05) is 51.0 Å². The van der Waals surface area contributed by atoms with Crippen molar-refractivity contribution in [2.75, 3.05) is 0 Å². The van der Waals surface area contributed by atoms with Crippen LogP contribution < -0.4 is 5.73 Å². The van der Waals surface area contributed by atoms with Gasteiger partial charge in [0, 0.05) is 5.54 Å². The summed E-state index contributed by atoms with van der Waals surface area (Å²) in [6.07, 6.45) is 4.56. The molecule has 84 valence electrons. The van der Waals surface area contributed by atoms with Gasteiger partial charge in [-0.15, -0.1) is 0 Å². The Hall–Kier alpha value is -0.820. The van der Waals surface area contributed by atoms with Crippen molar-refractivity contribution in [3.05, 3.63) is 35.4 Å². The van der Waals surface area contributed by atoms with Gasteiger partial charge in [-0.3, -0.25) is 0 Å². The van der Waals surface area contributed by atoms with Crippen molar-refractivity contribution in [1.29, 1.82) is 0 Å². The third kappa shape index (κ3) is 3.35. The molecule has 0 aliphatic rings. The first kappa shape index (κ1) is 12.3. The lowest BCUT2D eigenvalue weighted by Gasteiger charge is -2.25. The highest BCUT2D eigenvalue weighted by molar-refractivity contribution is 5.27. The normalized spacial score (nSPS) is 14.9. The molecule has 0 spiro atoms. The van der Waals surface area contributed by atoms with Gasteiger partial charge >= 0.3 is 0 Å². The minimum Gasteiger partial charge on any atom is -0.322 e. The number of aryl methyl sites for hydroxylation is 1. The first-order valence-electron chi connectivity index (χ1n) is 5.98. The molecule has 1 rings (SSSR count). The van der Waals surface area contributed by atoms with Crippen molar-refractivity contribution < 1.29 is 0 Å². The maximum atomic E-state index is 6.32. The van der Waals surface area contributed by atoms with Crippen LogP contribution in [0.2, 0.25) is 0 Å². The number of hydrogen-bond acceptors (Lipinski definition) is 1. The zero-order valence-electron chi connectivity index (χ0n) is 10.2. The third-order valence-corrected chi connectivity index (χ3v) is 3.07. The van der Waals surface area contributed by atoms with Gasteiger partial charge in [0.2, 0.25) is 0 Å². The van der Waals surface area contributed by atoms with Gasteiger partial charge in [-0.2, -0.15) is 0 Å². The fraction of sp³-hybridized carbons (Fsp3) is 0.571. The first-order valence-corrected chi connectivity index (χ1v) is 5.98. The summed E-state index contributed by atoms with van der Waals surface area (Å²) >= 11 is 0. The lowest BCUT2D eigenvalue weighted by molar-refractivity contribution is 0.433. The molecule has 1 atom stereocenters. The van der Waals surface area contributed by atoms with E-state index < -0.39 is 0 Å². The van der Waals surface area contributed by atoms with Crippen LogP contribution in [0.1, 0.15) is 51.2 Å². The Balaban J connectivity index is 2.75. The van der Waals surface area contributed by atoms with Crippen LogP contribution in [0.15, 0.2) is 24.3 Å².